The molecule has 1 aromatic carbocycles. The van der Waals surface area contributed by atoms with Crippen molar-refractivity contribution < 1.29 is 36.9 Å². The molecule has 13 nitrogen and oxygen atoms in total. The molecule has 1 amide bonds. The Kier molecular flexibility index (Phi) is 9.82. The lowest BCUT2D eigenvalue weighted by molar-refractivity contribution is -0.216. The normalized spacial score (nSPS) is 22.9. The second-order valence-electron chi connectivity index (χ2n) is 17.0. The van der Waals surface area contributed by atoms with Gasteiger partial charge >= 0.3 is 0 Å². The summed E-state index contributed by atoms with van der Waals surface area (Å²) in [7, 11) is 0. The predicted molar refractivity (Wildman–Crippen MR) is 198 cm³/mol. The van der Waals surface area contributed by atoms with Gasteiger partial charge in [-0.2, -0.15) is 0 Å². The molecule has 6 heterocycles. The van der Waals surface area contributed by atoms with Crippen LogP contribution in [0.2, 0.25) is 0 Å². The molecule has 2 spiro atoms. The number of ether oxygens (including phenoxy) is 4. The number of likely N-dealkylation sites (tertiary alicyclic amines) is 1. The van der Waals surface area contributed by atoms with Gasteiger partial charge in [-0.1, -0.05) is 0 Å². The van der Waals surface area contributed by atoms with Crippen LogP contribution < -0.4 is 14.4 Å². The standard InChI is InChI=1S/C40H49F3N8O5/c1-26(2)51(28-15-40(42,43)16-28)37(52)30-14-27(41)4-5-33(30)56-36-35(45-25-46-47-36)50-20-38(21-50)17-29(18-38)55-34-6-8-44-32-7-11-48(19-31(32)34)9-3-10-49-22-39(23-49)24-53-12-13-54-39/h4-6,8,14,25-26,28-29H,3,7,9-13,15-24H2,1-2H3. The van der Waals surface area contributed by atoms with Crippen molar-refractivity contribution in [3.05, 3.63) is 59.4 Å². The number of anilines is 1. The van der Waals surface area contributed by atoms with E-state index in [1.807, 2.05) is 12.3 Å². The van der Waals surface area contributed by atoms with Gasteiger partial charge in [0.05, 0.1) is 25.4 Å². The summed E-state index contributed by atoms with van der Waals surface area (Å²) in [5, 5.41) is 8.10. The summed E-state index contributed by atoms with van der Waals surface area (Å²) in [4.78, 5) is 31.3. The summed E-state index contributed by atoms with van der Waals surface area (Å²) < 4.78 is 66.5. The zero-order valence-corrected chi connectivity index (χ0v) is 32.0. The van der Waals surface area contributed by atoms with E-state index in [-0.39, 0.29) is 40.4 Å². The van der Waals surface area contributed by atoms with Gasteiger partial charge in [-0.15, -0.1) is 10.2 Å². The number of nitrogens with zero attached hydrogens (tertiary/aromatic N) is 8. The Morgan fingerprint density at radius 3 is 2.57 bits per heavy atom. The van der Waals surface area contributed by atoms with Gasteiger partial charge in [-0.25, -0.2) is 18.2 Å². The molecule has 16 heteroatoms. The minimum atomic E-state index is -2.82. The van der Waals surface area contributed by atoms with E-state index in [4.69, 9.17) is 23.9 Å². The Bertz CT molecular complexity index is 1920. The van der Waals surface area contributed by atoms with Crippen LogP contribution >= 0.6 is 0 Å². The molecule has 2 aliphatic carbocycles. The number of rotatable bonds is 12. The van der Waals surface area contributed by atoms with Gasteiger partial charge in [-0.05, 0) is 70.5 Å². The molecule has 4 aliphatic heterocycles. The average molecular weight is 779 g/mol. The van der Waals surface area contributed by atoms with Gasteiger partial charge < -0.3 is 28.7 Å². The van der Waals surface area contributed by atoms with E-state index in [0.717, 1.165) is 82.5 Å². The van der Waals surface area contributed by atoms with Gasteiger partial charge in [0.2, 0.25) is 0 Å². The van der Waals surface area contributed by atoms with Gasteiger partial charge in [0.25, 0.3) is 17.7 Å². The summed E-state index contributed by atoms with van der Waals surface area (Å²) in [6.45, 7) is 12.9. The minimum absolute atomic E-state index is 0.0534. The van der Waals surface area contributed by atoms with Gasteiger partial charge in [0.1, 0.15) is 35.3 Å². The molecular formula is C40H49F3N8O5. The summed E-state index contributed by atoms with van der Waals surface area (Å²) in [6.07, 6.45) is 6.23. The van der Waals surface area contributed by atoms with Crippen molar-refractivity contribution in [3.8, 4) is 17.4 Å². The molecule has 0 N–H and O–H groups in total. The Morgan fingerprint density at radius 1 is 1.02 bits per heavy atom. The van der Waals surface area contributed by atoms with Crippen molar-refractivity contribution in [3.63, 3.8) is 0 Å². The average Bonchev–Trinajstić information content (AvgIpc) is 3.12. The summed E-state index contributed by atoms with van der Waals surface area (Å²) in [5.41, 5.74) is 2.23. The Labute approximate surface area is 324 Å². The molecule has 300 valence electrons. The van der Waals surface area contributed by atoms with E-state index >= 15 is 0 Å². The maximum absolute atomic E-state index is 14.5. The number of fused-ring (bicyclic) bond motifs is 1. The number of amides is 1. The third kappa shape index (κ3) is 7.40. The minimum Gasteiger partial charge on any atom is -0.490 e. The van der Waals surface area contributed by atoms with Crippen LogP contribution in [0.4, 0.5) is 19.0 Å². The van der Waals surface area contributed by atoms with E-state index in [1.165, 1.54) is 28.9 Å². The van der Waals surface area contributed by atoms with E-state index < -0.39 is 36.5 Å². The first kappa shape index (κ1) is 37.5. The van der Waals surface area contributed by atoms with Crippen molar-refractivity contribution >= 4 is 11.7 Å². The highest BCUT2D eigenvalue weighted by molar-refractivity contribution is 5.97. The lowest BCUT2D eigenvalue weighted by Gasteiger charge is -2.58. The number of carbonyl (C=O) groups excluding carboxylic acids is 1. The van der Waals surface area contributed by atoms with Crippen LogP contribution in [0.5, 0.6) is 17.4 Å². The predicted octanol–water partition coefficient (Wildman–Crippen LogP) is 4.74. The fourth-order valence-corrected chi connectivity index (χ4v) is 9.54. The first-order valence-corrected chi connectivity index (χ1v) is 19.9. The highest BCUT2D eigenvalue weighted by Gasteiger charge is 2.55. The van der Waals surface area contributed by atoms with Crippen LogP contribution in [-0.2, 0) is 22.4 Å². The number of benzene rings is 1. The number of halogens is 3. The molecule has 6 aliphatic rings. The van der Waals surface area contributed by atoms with E-state index in [2.05, 4.69) is 29.9 Å². The third-order valence-electron chi connectivity index (χ3n) is 12.3. The van der Waals surface area contributed by atoms with Crippen LogP contribution in [0.1, 0.15) is 67.6 Å². The molecule has 5 fully saturated rings. The molecule has 0 bridgehead atoms. The highest BCUT2D eigenvalue weighted by Crippen LogP contribution is 2.52. The zero-order chi connectivity index (χ0) is 38.7. The van der Waals surface area contributed by atoms with Crippen LogP contribution in [0.15, 0.2) is 36.8 Å². The molecule has 9 rings (SSSR count). The molecule has 2 aromatic heterocycles. The van der Waals surface area contributed by atoms with Gasteiger partial charge in [0.15, 0.2) is 5.82 Å². The molecular weight excluding hydrogens is 729 g/mol. The molecule has 2 saturated carbocycles. The monoisotopic (exact) mass is 778 g/mol. The van der Waals surface area contributed by atoms with E-state index in [9.17, 15) is 18.0 Å². The van der Waals surface area contributed by atoms with Crippen LogP contribution in [0, 0.1) is 11.2 Å². The Hall–Kier alpha value is -4.12. The van der Waals surface area contributed by atoms with Crippen molar-refractivity contribution in [1.82, 2.24) is 34.9 Å². The number of alkyl halides is 2. The second-order valence-corrected chi connectivity index (χ2v) is 17.0. The first-order chi connectivity index (χ1) is 27.0. The molecule has 56 heavy (non-hydrogen) atoms. The van der Waals surface area contributed by atoms with Crippen molar-refractivity contribution in [2.75, 3.05) is 70.5 Å². The quantitative estimate of drug-likeness (QED) is 0.253. The zero-order valence-electron chi connectivity index (χ0n) is 32.0. The second kappa shape index (κ2) is 14.7. The largest absolute Gasteiger partial charge is 0.490 e. The topological polar surface area (TPSA) is 119 Å². The van der Waals surface area contributed by atoms with Crippen molar-refractivity contribution in [1.29, 1.82) is 0 Å². The SMILES string of the molecule is CC(C)N(C(=O)c1cc(F)ccc1Oc1nncnc1N1CC2(CC(Oc3ccnc4c3CN(CCCN3CC5(COCCO5)C3)CC4)C2)C1)C1CC(F)(F)C1. The van der Waals surface area contributed by atoms with Crippen LogP contribution in [0.3, 0.4) is 0 Å². The molecule has 0 atom stereocenters. The van der Waals surface area contributed by atoms with E-state index in [0.29, 0.717) is 38.7 Å². The van der Waals surface area contributed by atoms with Crippen molar-refractivity contribution in [2.45, 2.75) is 88.6 Å². The molecule has 0 unspecified atom stereocenters. The van der Waals surface area contributed by atoms with Crippen molar-refractivity contribution in [2.24, 2.45) is 5.41 Å². The summed E-state index contributed by atoms with van der Waals surface area (Å²) in [5.74, 6) is -2.52. The van der Waals surface area contributed by atoms with Crippen LogP contribution in [0.25, 0.3) is 0 Å². The van der Waals surface area contributed by atoms with Gasteiger partial charge in [-0.3, -0.25) is 19.6 Å². The van der Waals surface area contributed by atoms with Crippen LogP contribution in [-0.4, -0.2) is 136 Å². The number of aromatic nitrogens is 4. The lowest BCUT2D eigenvalue weighted by Crippen LogP contribution is -2.67. The van der Waals surface area contributed by atoms with E-state index in [1.54, 1.807) is 13.8 Å². The third-order valence-corrected chi connectivity index (χ3v) is 12.3. The smallest absolute Gasteiger partial charge is 0.282 e. The fourth-order valence-electron chi connectivity index (χ4n) is 9.54. The number of carbonyl (C=O) groups is 1. The molecule has 0 radical (unpaired) electrons. The fraction of sp³-hybridized carbons (Fsp3) is 0.625. The number of hydrogen-bond acceptors (Lipinski definition) is 12. The highest BCUT2D eigenvalue weighted by atomic mass is 19.3. The molecule has 3 saturated heterocycles. The maximum atomic E-state index is 14.5. The number of pyridine rings is 1. The lowest BCUT2D eigenvalue weighted by atomic mass is 9.61. The number of hydrogen-bond donors (Lipinski definition) is 0. The van der Waals surface area contributed by atoms with Gasteiger partial charge in [0, 0.05) is 93.5 Å². The Balaban J connectivity index is 0.788. The summed E-state index contributed by atoms with van der Waals surface area (Å²) >= 11 is 0. The molecule has 3 aromatic rings. The maximum Gasteiger partial charge on any atom is 0.282 e. The first-order valence-electron chi connectivity index (χ1n) is 19.9. The Morgan fingerprint density at radius 2 is 1.82 bits per heavy atom. The summed E-state index contributed by atoms with van der Waals surface area (Å²) in [6, 6.07) is 4.57.